The predicted octanol–water partition coefficient (Wildman–Crippen LogP) is 5.14. The van der Waals surface area contributed by atoms with E-state index in [1.165, 1.54) is 18.4 Å². The Kier molecular flexibility index (Phi) is 3.70. The van der Waals surface area contributed by atoms with Crippen molar-refractivity contribution in [2.75, 3.05) is 0 Å². The minimum absolute atomic E-state index is 0.0359. The minimum Gasteiger partial charge on any atom is -0.464 e. The molecule has 1 unspecified atom stereocenters. The summed E-state index contributed by atoms with van der Waals surface area (Å²) >= 11 is 5.92. The van der Waals surface area contributed by atoms with Crippen LogP contribution in [-0.4, -0.2) is 15.6 Å². The maximum absolute atomic E-state index is 14.1. The molecular weight excluding hydrogens is 355 g/mol. The van der Waals surface area contributed by atoms with E-state index in [0.29, 0.717) is 22.7 Å². The number of aliphatic hydroxyl groups is 1. The van der Waals surface area contributed by atoms with E-state index >= 15 is 0 Å². The van der Waals surface area contributed by atoms with Crippen LogP contribution in [0.2, 0.25) is 5.02 Å². The van der Waals surface area contributed by atoms with Gasteiger partial charge in [0.25, 0.3) is 5.92 Å². The Balaban J connectivity index is 1.97. The standard InChI is InChI=1S/C18H13ClF3NO2/c19-10-6-11(20)8-12(7-10)23-9-13(15-2-1-5-25-15)16-14(23)3-4-18(21,22)17(16)24/h1-2,5-9,17,24H,3-4H2. The molecule has 3 nitrogen and oxygen atoms in total. The van der Waals surface area contributed by atoms with Gasteiger partial charge in [-0.2, -0.15) is 0 Å². The number of alkyl halides is 2. The third-order valence-corrected chi connectivity index (χ3v) is 4.65. The van der Waals surface area contributed by atoms with Crippen LogP contribution >= 0.6 is 11.6 Å². The second-order valence-corrected chi connectivity index (χ2v) is 6.48. The third-order valence-electron chi connectivity index (χ3n) is 4.43. The summed E-state index contributed by atoms with van der Waals surface area (Å²) in [6.07, 6.45) is 0.576. The molecule has 1 aliphatic rings. The van der Waals surface area contributed by atoms with Crippen LogP contribution in [0.4, 0.5) is 13.2 Å². The van der Waals surface area contributed by atoms with Crippen molar-refractivity contribution in [3.8, 4) is 17.0 Å². The zero-order chi connectivity index (χ0) is 17.8. The smallest absolute Gasteiger partial charge is 0.278 e. The van der Waals surface area contributed by atoms with Gasteiger partial charge in [-0.25, -0.2) is 13.2 Å². The Morgan fingerprint density at radius 2 is 2.08 bits per heavy atom. The van der Waals surface area contributed by atoms with E-state index in [0.717, 1.165) is 6.07 Å². The number of nitrogens with zero attached hydrogens (tertiary/aromatic N) is 1. The molecule has 1 aromatic carbocycles. The van der Waals surface area contributed by atoms with Crippen LogP contribution in [0.1, 0.15) is 23.8 Å². The van der Waals surface area contributed by atoms with Crippen LogP contribution in [-0.2, 0) is 6.42 Å². The van der Waals surface area contributed by atoms with Crippen LogP contribution in [0.3, 0.4) is 0 Å². The van der Waals surface area contributed by atoms with Crippen molar-refractivity contribution in [2.24, 2.45) is 0 Å². The van der Waals surface area contributed by atoms with E-state index in [4.69, 9.17) is 16.0 Å². The van der Waals surface area contributed by atoms with Gasteiger partial charge in [0.15, 0.2) is 0 Å². The van der Waals surface area contributed by atoms with Crippen LogP contribution < -0.4 is 0 Å². The van der Waals surface area contributed by atoms with E-state index in [1.54, 1.807) is 22.9 Å². The topological polar surface area (TPSA) is 38.3 Å². The molecule has 0 amide bonds. The molecule has 0 saturated heterocycles. The molecule has 7 heteroatoms. The average Bonchev–Trinajstić information content (AvgIpc) is 3.17. The highest BCUT2D eigenvalue weighted by molar-refractivity contribution is 6.30. The number of aliphatic hydroxyl groups excluding tert-OH is 1. The summed E-state index contributed by atoms with van der Waals surface area (Å²) in [7, 11) is 0. The van der Waals surface area contributed by atoms with Gasteiger partial charge in [0.1, 0.15) is 17.7 Å². The summed E-state index contributed by atoms with van der Waals surface area (Å²) in [4.78, 5) is 0. The quantitative estimate of drug-likeness (QED) is 0.680. The molecule has 0 fully saturated rings. The Labute approximate surface area is 146 Å². The van der Waals surface area contributed by atoms with Gasteiger partial charge in [-0.3, -0.25) is 0 Å². The van der Waals surface area contributed by atoms with Gasteiger partial charge in [0.2, 0.25) is 0 Å². The van der Waals surface area contributed by atoms with Crippen molar-refractivity contribution in [1.82, 2.24) is 4.57 Å². The van der Waals surface area contributed by atoms with Gasteiger partial charge in [-0.15, -0.1) is 0 Å². The fraction of sp³-hybridized carbons (Fsp3) is 0.222. The first kappa shape index (κ1) is 16.3. The average molecular weight is 368 g/mol. The van der Waals surface area contributed by atoms with E-state index < -0.39 is 24.3 Å². The monoisotopic (exact) mass is 367 g/mol. The van der Waals surface area contributed by atoms with Gasteiger partial charge in [0, 0.05) is 40.1 Å². The molecule has 130 valence electrons. The van der Waals surface area contributed by atoms with Crippen molar-refractivity contribution in [3.05, 3.63) is 64.9 Å². The lowest BCUT2D eigenvalue weighted by atomic mass is 9.88. The van der Waals surface area contributed by atoms with Crippen molar-refractivity contribution >= 4 is 11.6 Å². The summed E-state index contributed by atoms with van der Waals surface area (Å²) in [6, 6.07) is 7.22. The molecule has 1 atom stereocenters. The lowest BCUT2D eigenvalue weighted by Crippen LogP contribution is -2.32. The molecule has 1 aliphatic carbocycles. The highest BCUT2D eigenvalue weighted by atomic mass is 35.5. The van der Waals surface area contributed by atoms with Gasteiger partial charge >= 0.3 is 0 Å². The van der Waals surface area contributed by atoms with E-state index in [9.17, 15) is 18.3 Å². The van der Waals surface area contributed by atoms with Gasteiger partial charge < -0.3 is 14.1 Å². The molecule has 0 aliphatic heterocycles. The molecule has 2 aromatic heterocycles. The molecule has 0 radical (unpaired) electrons. The van der Waals surface area contributed by atoms with Crippen LogP contribution in [0, 0.1) is 5.82 Å². The zero-order valence-electron chi connectivity index (χ0n) is 12.8. The molecule has 0 bridgehead atoms. The van der Waals surface area contributed by atoms with Gasteiger partial charge in [-0.1, -0.05) is 11.6 Å². The second kappa shape index (κ2) is 5.68. The maximum atomic E-state index is 14.1. The van der Waals surface area contributed by atoms with E-state index in [-0.39, 0.29) is 17.0 Å². The van der Waals surface area contributed by atoms with E-state index in [1.807, 2.05) is 0 Å². The Morgan fingerprint density at radius 3 is 2.76 bits per heavy atom. The Morgan fingerprint density at radius 1 is 1.28 bits per heavy atom. The summed E-state index contributed by atoms with van der Waals surface area (Å²) in [6.45, 7) is 0. The highest BCUT2D eigenvalue weighted by Gasteiger charge is 2.46. The second-order valence-electron chi connectivity index (χ2n) is 6.04. The summed E-state index contributed by atoms with van der Waals surface area (Å²) < 4.78 is 48.8. The lowest BCUT2D eigenvalue weighted by Gasteiger charge is -2.29. The van der Waals surface area contributed by atoms with Crippen molar-refractivity contribution < 1.29 is 22.7 Å². The summed E-state index contributed by atoms with van der Waals surface area (Å²) in [5.74, 6) is -3.42. The largest absolute Gasteiger partial charge is 0.464 e. The van der Waals surface area contributed by atoms with Crippen molar-refractivity contribution in [1.29, 1.82) is 0 Å². The zero-order valence-corrected chi connectivity index (χ0v) is 13.6. The predicted molar refractivity (Wildman–Crippen MR) is 86.7 cm³/mol. The Bertz CT molecular complexity index is 914. The van der Waals surface area contributed by atoms with Crippen LogP contribution in [0.15, 0.2) is 47.2 Å². The number of hydrogen-bond acceptors (Lipinski definition) is 2. The first-order valence-electron chi connectivity index (χ1n) is 7.67. The number of fused-ring (bicyclic) bond motifs is 1. The number of aromatic nitrogens is 1. The highest BCUT2D eigenvalue weighted by Crippen LogP contribution is 2.47. The van der Waals surface area contributed by atoms with Crippen molar-refractivity contribution in [2.45, 2.75) is 24.9 Å². The molecule has 1 N–H and O–H groups in total. The minimum atomic E-state index is -3.24. The fourth-order valence-corrected chi connectivity index (χ4v) is 3.51. The number of halogens is 4. The normalized spacial score (nSPS) is 19.0. The molecule has 0 saturated carbocycles. The summed E-state index contributed by atoms with van der Waals surface area (Å²) in [5, 5.41) is 10.4. The SMILES string of the molecule is OC1c2c(-c3ccco3)cn(-c3cc(F)cc(Cl)c3)c2CCC1(F)F. The number of furan rings is 1. The van der Waals surface area contributed by atoms with Crippen molar-refractivity contribution in [3.63, 3.8) is 0 Å². The Hall–Kier alpha value is -2.18. The summed E-state index contributed by atoms with van der Waals surface area (Å²) in [5.41, 5.74) is 1.35. The van der Waals surface area contributed by atoms with Gasteiger partial charge in [-0.05, 0) is 36.8 Å². The molecule has 0 spiro atoms. The first-order chi connectivity index (χ1) is 11.9. The molecule has 25 heavy (non-hydrogen) atoms. The number of benzene rings is 1. The lowest BCUT2D eigenvalue weighted by molar-refractivity contribution is -0.121. The van der Waals surface area contributed by atoms with E-state index in [2.05, 4.69) is 0 Å². The molecule has 3 aromatic rings. The first-order valence-corrected chi connectivity index (χ1v) is 8.05. The molecule has 4 rings (SSSR count). The number of hydrogen-bond donors (Lipinski definition) is 1. The van der Waals surface area contributed by atoms with Crippen LogP contribution in [0.5, 0.6) is 0 Å². The third kappa shape index (κ3) is 2.65. The molecule has 2 heterocycles. The van der Waals surface area contributed by atoms with Crippen LogP contribution in [0.25, 0.3) is 17.0 Å². The van der Waals surface area contributed by atoms with Gasteiger partial charge in [0.05, 0.1) is 6.26 Å². The maximum Gasteiger partial charge on any atom is 0.278 e. The molecular formula is C18H13ClF3NO2. The fourth-order valence-electron chi connectivity index (χ4n) is 3.29. The number of rotatable bonds is 2.